The van der Waals surface area contributed by atoms with E-state index in [1.165, 1.54) is 15.7 Å². The summed E-state index contributed by atoms with van der Waals surface area (Å²) in [6.45, 7) is 2.87. The third-order valence-corrected chi connectivity index (χ3v) is 8.62. The minimum Gasteiger partial charge on any atom is -0.309 e. The fourth-order valence-corrected chi connectivity index (χ4v) is 6.51. The van der Waals surface area contributed by atoms with E-state index in [1.54, 1.807) is 25.1 Å². The second-order valence-electron chi connectivity index (χ2n) is 9.49. The zero-order chi connectivity index (χ0) is 27.0. The molecule has 0 radical (unpaired) electrons. The summed E-state index contributed by atoms with van der Waals surface area (Å²) >= 11 is 15.9. The Bertz CT molecular complexity index is 1390. The van der Waals surface area contributed by atoms with Crippen LogP contribution in [0.25, 0.3) is 0 Å². The van der Waals surface area contributed by atoms with Crippen LogP contribution in [0.4, 0.5) is 11.6 Å². The van der Waals surface area contributed by atoms with Crippen LogP contribution in [0.3, 0.4) is 0 Å². The van der Waals surface area contributed by atoms with E-state index in [0.29, 0.717) is 22.2 Å². The molecule has 1 unspecified atom stereocenters. The molecule has 1 N–H and O–H groups in total. The number of nitrogens with zero attached hydrogens (tertiary/aromatic N) is 4. The van der Waals surface area contributed by atoms with Crippen LogP contribution in [0.2, 0.25) is 10.0 Å². The summed E-state index contributed by atoms with van der Waals surface area (Å²) in [7, 11) is -0.0118. The van der Waals surface area contributed by atoms with Gasteiger partial charge in [0, 0.05) is 27.5 Å². The summed E-state index contributed by atoms with van der Waals surface area (Å²) in [5, 5.41) is 0.628. The van der Waals surface area contributed by atoms with Gasteiger partial charge in [-0.05, 0) is 76.3 Å². The number of carbonyl (C=O) groups excluding carboxylic acids is 1. The number of hydrogen-bond acceptors (Lipinski definition) is 5. The van der Waals surface area contributed by atoms with Crippen molar-refractivity contribution in [2.45, 2.75) is 36.8 Å². The van der Waals surface area contributed by atoms with Crippen LogP contribution < -0.4 is 9.62 Å². The minimum atomic E-state index is -3.96. The molecule has 198 valence electrons. The van der Waals surface area contributed by atoms with Crippen molar-refractivity contribution in [3.63, 3.8) is 0 Å². The lowest BCUT2D eigenvalue weighted by molar-refractivity contribution is -0.124. The van der Waals surface area contributed by atoms with Gasteiger partial charge in [0.15, 0.2) is 5.03 Å². The van der Waals surface area contributed by atoms with Crippen molar-refractivity contribution >= 4 is 66.7 Å². The quantitative estimate of drug-likeness (QED) is 0.312. The van der Waals surface area contributed by atoms with Crippen LogP contribution in [0.1, 0.15) is 25.3 Å². The van der Waals surface area contributed by atoms with Gasteiger partial charge in [0.1, 0.15) is 5.54 Å². The molecule has 0 saturated heterocycles. The van der Waals surface area contributed by atoms with E-state index in [0.717, 1.165) is 23.0 Å². The molecule has 0 fully saturated rings. The Labute approximate surface area is 235 Å². The van der Waals surface area contributed by atoms with Gasteiger partial charge >= 0.3 is 0 Å². The molecule has 4 rings (SSSR count). The fourth-order valence-electron chi connectivity index (χ4n) is 4.45. The highest BCUT2D eigenvalue weighted by atomic mass is 79.9. The second kappa shape index (κ2) is 11.0. The maximum absolute atomic E-state index is 14.0. The number of unbranched alkanes of at least 4 members (excludes halogenated alkanes) is 1. The first-order valence-electron chi connectivity index (χ1n) is 11.7. The number of amides is 1. The second-order valence-corrected chi connectivity index (χ2v) is 13.0. The molecule has 0 aliphatic carbocycles. The van der Waals surface area contributed by atoms with Gasteiger partial charge in [-0.1, -0.05) is 51.3 Å². The number of hydrogen-bond donors (Lipinski definition) is 1. The van der Waals surface area contributed by atoms with Crippen molar-refractivity contribution in [3.05, 3.63) is 68.7 Å². The summed E-state index contributed by atoms with van der Waals surface area (Å²) < 4.78 is 32.0. The monoisotopic (exact) mass is 627 g/mol. The van der Waals surface area contributed by atoms with E-state index in [1.807, 2.05) is 43.3 Å². The molecular weight excluding hydrogens is 601 g/mol. The molecule has 12 heteroatoms. The zero-order valence-electron chi connectivity index (χ0n) is 20.7. The molecule has 3 aromatic rings. The fraction of sp³-hybridized carbons (Fsp3) is 0.360. The smallest absolute Gasteiger partial charge is 0.260 e. The molecule has 0 saturated carbocycles. The normalized spacial score (nSPS) is 17.6. The Balaban J connectivity index is 1.76. The molecule has 1 atom stereocenters. The van der Waals surface area contributed by atoms with E-state index in [4.69, 9.17) is 23.2 Å². The largest absolute Gasteiger partial charge is 0.309 e. The number of sulfonamides is 1. The molecule has 0 bridgehead atoms. The van der Waals surface area contributed by atoms with Crippen LogP contribution in [0.15, 0.2) is 58.2 Å². The van der Waals surface area contributed by atoms with Crippen LogP contribution in [-0.2, 0) is 26.8 Å². The molecule has 37 heavy (non-hydrogen) atoms. The predicted molar refractivity (Wildman–Crippen MR) is 150 cm³/mol. The summed E-state index contributed by atoms with van der Waals surface area (Å²) in [5.74, 6) is -0.143. The Hall–Kier alpha value is -1.95. The van der Waals surface area contributed by atoms with Gasteiger partial charge in [-0.3, -0.25) is 9.36 Å². The molecule has 0 spiro atoms. The van der Waals surface area contributed by atoms with Crippen LogP contribution in [-0.4, -0.2) is 56.0 Å². The van der Waals surface area contributed by atoms with E-state index >= 15 is 0 Å². The number of benzene rings is 2. The maximum atomic E-state index is 14.0. The van der Waals surface area contributed by atoms with Crippen molar-refractivity contribution in [2.24, 2.45) is 0 Å². The van der Waals surface area contributed by atoms with Crippen LogP contribution in [0, 0.1) is 0 Å². The van der Waals surface area contributed by atoms with E-state index < -0.39 is 15.6 Å². The van der Waals surface area contributed by atoms with E-state index in [-0.39, 0.29) is 29.8 Å². The molecule has 8 nitrogen and oxygen atoms in total. The first-order chi connectivity index (χ1) is 17.4. The Morgan fingerprint density at radius 2 is 1.73 bits per heavy atom. The number of fused-ring (bicyclic) bond motifs is 1. The Morgan fingerprint density at radius 1 is 1.08 bits per heavy atom. The predicted octanol–water partition coefficient (Wildman–Crippen LogP) is 5.21. The van der Waals surface area contributed by atoms with Crippen molar-refractivity contribution in [1.82, 2.24) is 19.2 Å². The average molecular weight is 629 g/mol. The van der Waals surface area contributed by atoms with Gasteiger partial charge < -0.3 is 4.90 Å². The lowest BCUT2D eigenvalue weighted by Crippen LogP contribution is -2.42. The highest BCUT2D eigenvalue weighted by molar-refractivity contribution is 9.10. The van der Waals surface area contributed by atoms with Crippen LogP contribution in [0.5, 0.6) is 0 Å². The number of imidazole rings is 1. The summed E-state index contributed by atoms with van der Waals surface area (Å²) in [5.41, 5.74) is 0.00264. The molecular formula is C25H28BrCl2N5O3S. The number of halogens is 3. The highest BCUT2D eigenvalue weighted by Gasteiger charge is 2.51. The van der Waals surface area contributed by atoms with Gasteiger partial charge in [-0.15, -0.1) is 0 Å². The van der Waals surface area contributed by atoms with Crippen molar-refractivity contribution < 1.29 is 13.2 Å². The molecule has 2 heterocycles. The third-order valence-electron chi connectivity index (χ3n) is 6.23. The van der Waals surface area contributed by atoms with Gasteiger partial charge in [-0.2, -0.15) is 0 Å². The van der Waals surface area contributed by atoms with E-state index in [9.17, 15) is 13.2 Å². The standard InChI is InChI=1S/C25H28BrCl2N5O3S/c1-25(15-17-6-8-18(26)9-7-17)23(34)32(21-13-19(27)12-20(28)14-21)24-29-16-22(33(24)25)37(35,36)30-10-4-5-11-31(2)3/h6-9,12-14,16,30H,4-5,10-11,15H2,1-3H3. The minimum absolute atomic E-state index is 0.0707. The number of nitrogens with one attached hydrogen (secondary N) is 1. The van der Waals surface area contributed by atoms with Gasteiger partial charge in [0.2, 0.25) is 5.95 Å². The molecule has 1 aliphatic rings. The number of anilines is 2. The number of aromatic nitrogens is 2. The first kappa shape index (κ1) is 28.1. The average Bonchev–Trinajstić information content (AvgIpc) is 3.33. The Kier molecular flexibility index (Phi) is 8.37. The summed E-state index contributed by atoms with van der Waals surface area (Å²) in [6, 6.07) is 12.3. The lowest BCUT2D eigenvalue weighted by Gasteiger charge is -2.26. The molecule has 2 aromatic carbocycles. The first-order valence-corrected chi connectivity index (χ1v) is 14.7. The van der Waals surface area contributed by atoms with Crippen molar-refractivity contribution in [2.75, 3.05) is 32.1 Å². The lowest BCUT2D eigenvalue weighted by atomic mass is 9.92. The molecule has 1 amide bonds. The maximum Gasteiger partial charge on any atom is 0.260 e. The van der Waals surface area contributed by atoms with Gasteiger partial charge in [-0.25, -0.2) is 23.0 Å². The zero-order valence-corrected chi connectivity index (χ0v) is 24.6. The molecule has 1 aliphatic heterocycles. The topological polar surface area (TPSA) is 87.5 Å². The SMILES string of the molecule is CN(C)CCCCNS(=O)(=O)c1cnc2n1C(C)(Cc1ccc(Br)cc1)C(=O)N2c1cc(Cl)cc(Cl)c1. The molecule has 1 aromatic heterocycles. The van der Waals surface area contributed by atoms with Gasteiger partial charge in [0.05, 0.1) is 11.9 Å². The van der Waals surface area contributed by atoms with Crippen molar-refractivity contribution in [1.29, 1.82) is 0 Å². The summed E-state index contributed by atoms with van der Waals surface area (Å²) in [4.78, 5) is 21.9. The third kappa shape index (κ3) is 5.89. The highest BCUT2D eigenvalue weighted by Crippen LogP contribution is 2.44. The van der Waals surface area contributed by atoms with Gasteiger partial charge in [0.25, 0.3) is 15.9 Å². The summed E-state index contributed by atoms with van der Waals surface area (Å²) in [6.07, 6.45) is 3.07. The van der Waals surface area contributed by atoms with Crippen LogP contribution >= 0.6 is 39.1 Å². The number of rotatable bonds is 10. The number of carbonyl (C=O) groups is 1. The Morgan fingerprint density at radius 3 is 2.35 bits per heavy atom. The van der Waals surface area contributed by atoms with Crippen molar-refractivity contribution in [3.8, 4) is 0 Å². The van der Waals surface area contributed by atoms with E-state index in [2.05, 4.69) is 25.6 Å².